The number of benzene rings is 1. The van der Waals surface area contributed by atoms with Gasteiger partial charge in [-0.1, -0.05) is 34.9 Å². The van der Waals surface area contributed by atoms with Crippen LogP contribution >= 0.6 is 0 Å². The number of hydrogen-bond acceptors (Lipinski definition) is 3. The Morgan fingerprint density at radius 1 is 1.22 bits per heavy atom. The van der Waals surface area contributed by atoms with Crippen molar-refractivity contribution in [3.8, 4) is 0 Å². The van der Waals surface area contributed by atoms with E-state index in [-0.39, 0.29) is 29.2 Å². The summed E-state index contributed by atoms with van der Waals surface area (Å²) < 4.78 is 2.94. The third kappa shape index (κ3) is 4.02. The number of hydrogen-bond donors (Lipinski definition) is 1. The van der Waals surface area contributed by atoms with Crippen LogP contribution in [0.3, 0.4) is 0 Å². The number of carbonyl (C=O) groups excluding carboxylic acids is 1. The predicted octanol–water partition coefficient (Wildman–Crippen LogP) is -1.38. The maximum Gasteiger partial charge on any atom is 0.291 e. The van der Waals surface area contributed by atoms with E-state index in [0.717, 1.165) is 10.9 Å². The number of carbonyl (C=O) groups is 1. The highest BCUT2D eigenvalue weighted by atomic mass is 16.2. The second kappa shape index (κ2) is 7.14. The van der Waals surface area contributed by atoms with Crippen LogP contribution in [0.2, 0.25) is 0 Å². The van der Waals surface area contributed by atoms with E-state index in [1.807, 2.05) is 31.3 Å². The maximum absolute atomic E-state index is 12.5. The highest BCUT2D eigenvalue weighted by molar-refractivity contribution is 6.58. The monoisotopic (exact) mass is 360 g/mol. The third-order valence-electron chi connectivity index (χ3n) is 4.82. The first-order valence-corrected chi connectivity index (χ1v) is 9.08. The smallest absolute Gasteiger partial charge is 0.291 e. The van der Waals surface area contributed by atoms with Gasteiger partial charge in [0, 0.05) is 18.6 Å². The number of aromatic nitrogens is 3. The lowest BCUT2D eigenvalue weighted by Gasteiger charge is -2.20. The van der Waals surface area contributed by atoms with Crippen molar-refractivity contribution in [2.24, 2.45) is 7.05 Å². The maximum atomic E-state index is 12.5. The van der Waals surface area contributed by atoms with Crippen LogP contribution in [0.25, 0.3) is 10.9 Å². The summed E-state index contributed by atoms with van der Waals surface area (Å²) in [5, 5.41) is 7.91. The zero-order valence-electron chi connectivity index (χ0n) is 16.5. The van der Waals surface area contributed by atoms with Crippen molar-refractivity contribution < 1.29 is 4.79 Å². The van der Waals surface area contributed by atoms with Gasteiger partial charge in [-0.2, -0.15) is 5.10 Å². The molecule has 2 aromatic heterocycles. The lowest BCUT2D eigenvalue weighted by Crippen LogP contribution is -2.35. The molecule has 0 aliphatic heterocycles. The molecule has 0 aliphatic rings. The Balaban J connectivity index is 1.71. The van der Waals surface area contributed by atoms with Crippen molar-refractivity contribution in [2.45, 2.75) is 24.6 Å². The number of nitrogens with one attached hydrogen (secondary N) is 1. The molecular weight excluding hydrogens is 337 g/mol. The van der Waals surface area contributed by atoms with E-state index < -0.39 is 0 Å². The lowest BCUT2D eigenvalue weighted by molar-refractivity contribution is -0.122. The molecule has 0 radical (unpaired) electrons. The van der Waals surface area contributed by atoms with Gasteiger partial charge in [-0.3, -0.25) is 9.59 Å². The molecule has 1 N–H and O–H groups in total. The molecule has 0 bridgehead atoms. The van der Waals surface area contributed by atoms with Crippen LogP contribution in [0.1, 0.15) is 24.1 Å². The summed E-state index contributed by atoms with van der Waals surface area (Å²) in [6, 6.07) is 9.93. The standard InChI is InChI=1S/C18H23B3N4O2/c1-11(12-3-5-14(6-4-12)18(19,20)21)23-15(26)10-25-17(27)16-13(9-22-25)7-8-24(16)2/h3-9,11H,10,19-21H2,1-2H3,(H,23,26)/t11-/m0/s1. The van der Waals surface area contributed by atoms with Gasteiger partial charge in [0.25, 0.3) is 5.56 Å². The van der Waals surface area contributed by atoms with Gasteiger partial charge in [0.1, 0.15) is 12.1 Å². The van der Waals surface area contributed by atoms with Crippen molar-refractivity contribution in [3.05, 3.63) is 64.2 Å². The third-order valence-corrected chi connectivity index (χ3v) is 4.82. The van der Waals surface area contributed by atoms with Gasteiger partial charge in [-0.25, -0.2) is 4.68 Å². The first kappa shape index (κ1) is 19.1. The van der Waals surface area contributed by atoms with Crippen molar-refractivity contribution in [2.75, 3.05) is 0 Å². The molecule has 0 saturated carbocycles. The summed E-state index contributed by atoms with van der Waals surface area (Å²) in [7, 11) is 8.31. The van der Waals surface area contributed by atoms with E-state index in [4.69, 9.17) is 0 Å². The molecule has 0 unspecified atom stereocenters. The Labute approximate surface area is 161 Å². The molecule has 27 heavy (non-hydrogen) atoms. The van der Waals surface area contributed by atoms with Crippen molar-refractivity contribution in [1.29, 1.82) is 0 Å². The van der Waals surface area contributed by atoms with E-state index in [0.29, 0.717) is 5.52 Å². The zero-order valence-corrected chi connectivity index (χ0v) is 16.5. The minimum atomic E-state index is -0.266. The van der Waals surface area contributed by atoms with Crippen LogP contribution < -0.4 is 10.9 Å². The van der Waals surface area contributed by atoms with Gasteiger partial charge in [-0.15, -0.1) is 0 Å². The average Bonchev–Trinajstić information content (AvgIpc) is 2.98. The molecule has 3 aromatic rings. The molecule has 1 aromatic carbocycles. The highest BCUT2D eigenvalue weighted by Gasteiger charge is 2.16. The number of nitrogens with zero attached hydrogens (tertiary/aromatic N) is 3. The second-order valence-corrected chi connectivity index (χ2v) is 8.00. The van der Waals surface area contributed by atoms with E-state index in [9.17, 15) is 9.59 Å². The largest absolute Gasteiger partial charge is 0.348 e. The molecule has 0 spiro atoms. The Hall–Kier alpha value is -2.70. The summed E-state index contributed by atoms with van der Waals surface area (Å²) >= 11 is 0. The average molecular weight is 360 g/mol. The van der Waals surface area contributed by atoms with Gasteiger partial charge in [0.15, 0.2) is 0 Å². The molecule has 136 valence electrons. The quantitative estimate of drug-likeness (QED) is 0.571. The first-order chi connectivity index (χ1) is 12.7. The normalized spacial score (nSPS) is 12.8. The first-order valence-electron chi connectivity index (χ1n) is 9.08. The predicted molar refractivity (Wildman–Crippen MR) is 115 cm³/mol. The molecule has 0 saturated heterocycles. The minimum Gasteiger partial charge on any atom is -0.348 e. The van der Waals surface area contributed by atoms with Crippen molar-refractivity contribution in [1.82, 2.24) is 19.7 Å². The SMILES string of the molecule is BC(B)(B)c1ccc([C@H](C)NC(=O)Cn2ncc3ccn(C)c3c2=O)cc1. The zero-order chi connectivity index (χ0) is 19.8. The molecule has 1 amide bonds. The summed E-state index contributed by atoms with van der Waals surface area (Å²) in [4.78, 5) is 24.9. The number of fused-ring (bicyclic) bond motifs is 1. The van der Waals surface area contributed by atoms with Crippen LogP contribution in [0.5, 0.6) is 0 Å². The molecule has 9 heteroatoms. The van der Waals surface area contributed by atoms with Gasteiger partial charge in [0.05, 0.1) is 35.8 Å². The molecule has 2 heterocycles. The van der Waals surface area contributed by atoms with E-state index in [1.165, 1.54) is 10.2 Å². The van der Waals surface area contributed by atoms with E-state index in [2.05, 4.69) is 46.1 Å². The van der Waals surface area contributed by atoms with E-state index >= 15 is 0 Å². The summed E-state index contributed by atoms with van der Waals surface area (Å²) in [5.41, 5.74) is 2.55. The van der Waals surface area contributed by atoms with Gasteiger partial charge in [-0.05, 0) is 18.6 Å². The second-order valence-electron chi connectivity index (χ2n) is 8.00. The highest BCUT2D eigenvalue weighted by Crippen LogP contribution is 2.18. The molecule has 1 atom stereocenters. The van der Waals surface area contributed by atoms with Crippen LogP contribution in [0.4, 0.5) is 0 Å². The molecule has 6 nitrogen and oxygen atoms in total. The molecule has 0 fully saturated rings. The fourth-order valence-corrected chi connectivity index (χ4v) is 3.13. The topological polar surface area (TPSA) is 68.9 Å². The number of rotatable bonds is 5. The van der Waals surface area contributed by atoms with Gasteiger partial charge in [0.2, 0.25) is 5.91 Å². The van der Waals surface area contributed by atoms with E-state index in [1.54, 1.807) is 17.8 Å². The van der Waals surface area contributed by atoms with Crippen LogP contribution in [-0.2, 0) is 23.5 Å². The number of amides is 1. The summed E-state index contributed by atoms with van der Waals surface area (Å²) in [6.45, 7) is 1.82. The Kier molecular flexibility index (Phi) is 5.04. The van der Waals surface area contributed by atoms with Crippen LogP contribution in [0.15, 0.2) is 47.5 Å². The van der Waals surface area contributed by atoms with Gasteiger partial charge >= 0.3 is 0 Å². The van der Waals surface area contributed by atoms with Crippen molar-refractivity contribution >= 4 is 40.3 Å². The van der Waals surface area contributed by atoms with Crippen molar-refractivity contribution in [3.63, 3.8) is 0 Å². The Bertz CT molecular complexity index is 1040. The van der Waals surface area contributed by atoms with Crippen LogP contribution in [-0.4, -0.2) is 43.8 Å². The summed E-state index contributed by atoms with van der Waals surface area (Å²) in [6.07, 6.45) is 3.42. The van der Waals surface area contributed by atoms with Crippen LogP contribution in [0, 0.1) is 0 Å². The summed E-state index contributed by atoms with van der Waals surface area (Å²) in [5.74, 6) is -0.245. The Morgan fingerprint density at radius 3 is 2.52 bits per heavy atom. The number of aryl methyl sites for hydroxylation is 1. The van der Waals surface area contributed by atoms with Gasteiger partial charge < -0.3 is 9.88 Å². The lowest BCUT2D eigenvalue weighted by atomic mass is 9.40. The fourth-order valence-electron chi connectivity index (χ4n) is 3.13. The Morgan fingerprint density at radius 2 is 1.89 bits per heavy atom. The minimum absolute atomic E-state index is 0.0907. The molecule has 3 rings (SSSR count). The fraction of sp³-hybridized carbons (Fsp3) is 0.278. The molecular formula is C18H23B3N4O2. The molecule has 0 aliphatic carbocycles.